The Hall–Kier alpha value is -2.74. The van der Waals surface area contributed by atoms with Crippen molar-refractivity contribution < 1.29 is 14.3 Å². The lowest BCUT2D eigenvalue weighted by molar-refractivity contribution is 0.0383. The summed E-state index contributed by atoms with van der Waals surface area (Å²) < 4.78 is 7.40. The number of hydrogen-bond donors (Lipinski definition) is 1. The molecule has 3 aromatic rings. The van der Waals surface area contributed by atoms with Gasteiger partial charge in [0, 0.05) is 66.9 Å². The third kappa shape index (κ3) is 7.65. The van der Waals surface area contributed by atoms with E-state index in [9.17, 15) is 9.59 Å². The van der Waals surface area contributed by atoms with Crippen LogP contribution in [0.2, 0.25) is 5.02 Å². The number of aromatic nitrogens is 2. The number of amides is 1. The van der Waals surface area contributed by atoms with E-state index < -0.39 is 0 Å². The Morgan fingerprint density at radius 3 is 2.61 bits per heavy atom. The standard InChI is InChI=1S/C30H39ClN4O3/c1-3-5-23(6-4-7-29(36)24-8-10-25(31)11-9-24)20-35-21-27-22(2)26(12-13-28(27)33-35)30(37)32-14-15-34-16-18-38-19-17-34/h8-13,21,23H,3-7,14-20H2,1-2H3,(H,32,37). The van der Waals surface area contributed by atoms with Gasteiger partial charge in [-0.05, 0) is 74.1 Å². The van der Waals surface area contributed by atoms with Crippen molar-refractivity contribution in [2.75, 3.05) is 39.4 Å². The van der Waals surface area contributed by atoms with E-state index >= 15 is 0 Å². The van der Waals surface area contributed by atoms with Crippen molar-refractivity contribution in [2.24, 2.45) is 5.92 Å². The Labute approximate surface area is 230 Å². The molecule has 7 nitrogen and oxygen atoms in total. The Balaban J connectivity index is 1.33. The molecule has 1 aromatic heterocycles. The number of halogens is 1. The Bertz CT molecular complexity index is 1220. The number of morpholine rings is 1. The molecule has 1 fully saturated rings. The molecule has 0 saturated carbocycles. The topological polar surface area (TPSA) is 76.5 Å². The van der Waals surface area contributed by atoms with Crippen LogP contribution in [0.5, 0.6) is 0 Å². The van der Waals surface area contributed by atoms with Gasteiger partial charge >= 0.3 is 0 Å². The first-order valence-corrected chi connectivity index (χ1v) is 14.2. The molecule has 38 heavy (non-hydrogen) atoms. The summed E-state index contributed by atoms with van der Waals surface area (Å²) in [7, 11) is 0. The number of aryl methyl sites for hydroxylation is 1. The summed E-state index contributed by atoms with van der Waals surface area (Å²) in [5.74, 6) is 0.559. The van der Waals surface area contributed by atoms with E-state index in [1.807, 2.05) is 23.7 Å². The molecule has 1 saturated heterocycles. The van der Waals surface area contributed by atoms with Crippen LogP contribution in [0, 0.1) is 12.8 Å². The van der Waals surface area contributed by atoms with Crippen molar-refractivity contribution in [3.05, 3.63) is 64.3 Å². The third-order valence-corrected chi connectivity index (χ3v) is 7.64. The van der Waals surface area contributed by atoms with Crippen molar-refractivity contribution in [3.63, 3.8) is 0 Å². The molecule has 1 amide bonds. The van der Waals surface area contributed by atoms with Gasteiger partial charge in [-0.1, -0.05) is 24.9 Å². The van der Waals surface area contributed by atoms with Crippen LogP contribution in [-0.2, 0) is 11.3 Å². The lowest BCUT2D eigenvalue weighted by atomic mass is 9.95. The van der Waals surface area contributed by atoms with Crippen LogP contribution >= 0.6 is 11.6 Å². The largest absolute Gasteiger partial charge is 0.379 e. The van der Waals surface area contributed by atoms with Crippen LogP contribution in [0.25, 0.3) is 10.9 Å². The fourth-order valence-electron chi connectivity index (χ4n) is 5.20. The quantitative estimate of drug-likeness (QED) is 0.290. The fourth-order valence-corrected chi connectivity index (χ4v) is 5.32. The average Bonchev–Trinajstić information content (AvgIpc) is 3.33. The summed E-state index contributed by atoms with van der Waals surface area (Å²) in [6, 6.07) is 10.9. The minimum atomic E-state index is -0.0420. The van der Waals surface area contributed by atoms with Gasteiger partial charge in [0.05, 0.1) is 18.7 Å². The maximum atomic E-state index is 12.9. The summed E-state index contributed by atoms with van der Waals surface area (Å²) in [5, 5.41) is 9.53. The SMILES string of the molecule is CCCC(CCCC(=O)c1ccc(Cl)cc1)Cn1cc2c(C)c(C(=O)NCCN3CCOCC3)ccc2n1. The molecule has 1 N–H and O–H groups in total. The molecule has 2 heterocycles. The number of carbonyl (C=O) groups excluding carboxylic acids is 2. The van der Waals surface area contributed by atoms with E-state index in [2.05, 4.69) is 23.3 Å². The highest BCUT2D eigenvalue weighted by atomic mass is 35.5. The molecule has 2 aromatic carbocycles. The molecule has 0 spiro atoms. The number of nitrogens with one attached hydrogen (secondary N) is 1. The van der Waals surface area contributed by atoms with Crippen LogP contribution in [0.4, 0.5) is 0 Å². The van der Waals surface area contributed by atoms with Gasteiger partial charge in [0.25, 0.3) is 5.91 Å². The van der Waals surface area contributed by atoms with Crippen LogP contribution < -0.4 is 5.32 Å². The summed E-state index contributed by atoms with van der Waals surface area (Å²) in [6.07, 6.45) is 6.59. The highest BCUT2D eigenvalue weighted by Gasteiger charge is 2.17. The van der Waals surface area contributed by atoms with Crippen LogP contribution in [0.15, 0.2) is 42.6 Å². The first-order chi connectivity index (χ1) is 18.4. The van der Waals surface area contributed by atoms with Gasteiger partial charge in [-0.2, -0.15) is 5.10 Å². The Morgan fingerprint density at radius 2 is 1.87 bits per heavy atom. The molecule has 4 rings (SSSR count). The first kappa shape index (κ1) is 28.3. The summed E-state index contributed by atoms with van der Waals surface area (Å²) in [5.41, 5.74) is 3.28. The zero-order valence-electron chi connectivity index (χ0n) is 22.5. The molecule has 1 atom stereocenters. The Morgan fingerprint density at radius 1 is 1.11 bits per heavy atom. The maximum Gasteiger partial charge on any atom is 0.251 e. The second-order valence-electron chi connectivity index (χ2n) is 10.2. The van der Waals surface area contributed by atoms with Crippen molar-refractivity contribution in [3.8, 4) is 0 Å². The van der Waals surface area contributed by atoms with Crippen LogP contribution in [0.1, 0.15) is 65.3 Å². The summed E-state index contributed by atoms with van der Waals surface area (Å²) >= 11 is 5.94. The predicted octanol–water partition coefficient (Wildman–Crippen LogP) is 5.53. The van der Waals surface area contributed by atoms with Gasteiger partial charge in [-0.3, -0.25) is 19.2 Å². The first-order valence-electron chi connectivity index (χ1n) is 13.8. The zero-order valence-corrected chi connectivity index (χ0v) is 23.3. The maximum absolute atomic E-state index is 12.9. The summed E-state index contributed by atoms with van der Waals surface area (Å²) in [4.78, 5) is 27.7. The van der Waals surface area contributed by atoms with E-state index in [0.29, 0.717) is 29.5 Å². The normalized spacial score (nSPS) is 15.0. The molecule has 0 bridgehead atoms. The number of Topliss-reactive ketones (excluding diaryl/α,β-unsaturated/α-hetero) is 1. The molecular formula is C30H39ClN4O3. The van der Waals surface area contributed by atoms with Crippen molar-refractivity contribution in [1.29, 1.82) is 0 Å². The van der Waals surface area contributed by atoms with Crippen molar-refractivity contribution in [1.82, 2.24) is 20.0 Å². The molecule has 1 aliphatic rings. The van der Waals surface area contributed by atoms with Crippen LogP contribution in [-0.4, -0.2) is 65.8 Å². The minimum Gasteiger partial charge on any atom is -0.379 e. The number of carbonyl (C=O) groups is 2. The van der Waals surface area contributed by atoms with Crippen LogP contribution in [0.3, 0.4) is 0 Å². The number of ether oxygens (including phenoxy) is 1. The lowest BCUT2D eigenvalue weighted by Gasteiger charge is -2.26. The highest BCUT2D eigenvalue weighted by molar-refractivity contribution is 6.30. The fraction of sp³-hybridized carbons (Fsp3) is 0.500. The Kier molecular flexibility index (Phi) is 10.3. The third-order valence-electron chi connectivity index (χ3n) is 7.39. The average molecular weight is 539 g/mol. The number of ketones is 1. The molecule has 1 aliphatic heterocycles. The van der Waals surface area contributed by atoms with Gasteiger partial charge in [0.15, 0.2) is 5.78 Å². The number of hydrogen-bond acceptors (Lipinski definition) is 5. The number of nitrogens with zero attached hydrogens (tertiary/aromatic N) is 3. The summed E-state index contributed by atoms with van der Waals surface area (Å²) in [6.45, 7) is 9.79. The van der Waals surface area contributed by atoms with E-state index in [4.69, 9.17) is 21.4 Å². The smallest absolute Gasteiger partial charge is 0.251 e. The lowest BCUT2D eigenvalue weighted by Crippen LogP contribution is -2.41. The molecule has 8 heteroatoms. The second kappa shape index (κ2) is 13.9. The van der Waals surface area contributed by atoms with Crippen molar-refractivity contribution >= 4 is 34.2 Å². The minimum absolute atomic E-state index is 0.0420. The van der Waals surface area contributed by atoms with E-state index in [-0.39, 0.29) is 11.7 Å². The molecule has 0 radical (unpaired) electrons. The molecule has 0 aliphatic carbocycles. The van der Waals surface area contributed by atoms with E-state index in [1.54, 1.807) is 24.3 Å². The highest BCUT2D eigenvalue weighted by Crippen LogP contribution is 2.24. The number of fused-ring (bicyclic) bond motifs is 1. The predicted molar refractivity (Wildman–Crippen MR) is 152 cm³/mol. The molecule has 1 unspecified atom stereocenters. The molecule has 204 valence electrons. The second-order valence-corrected chi connectivity index (χ2v) is 10.6. The van der Waals surface area contributed by atoms with Gasteiger partial charge in [0.1, 0.15) is 0 Å². The number of rotatable bonds is 13. The zero-order chi connectivity index (χ0) is 26.9. The van der Waals surface area contributed by atoms with E-state index in [1.165, 1.54) is 0 Å². The van der Waals surface area contributed by atoms with Gasteiger partial charge in [0.2, 0.25) is 0 Å². The number of benzene rings is 2. The monoisotopic (exact) mass is 538 g/mol. The molecular weight excluding hydrogens is 500 g/mol. The van der Waals surface area contributed by atoms with Gasteiger partial charge in [-0.25, -0.2) is 0 Å². The van der Waals surface area contributed by atoms with E-state index in [0.717, 1.165) is 87.1 Å². The van der Waals surface area contributed by atoms with Gasteiger partial charge < -0.3 is 10.1 Å². The van der Waals surface area contributed by atoms with Crippen molar-refractivity contribution in [2.45, 2.75) is 52.5 Å². The van der Waals surface area contributed by atoms with Gasteiger partial charge in [-0.15, -0.1) is 0 Å².